The highest BCUT2D eigenvalue weighted by Crippen LogP contribution is 2.17. The van der Waals surface area contributed by atoms with Crippen LogP contribution in [0.5, 0.6) is 0 Å². The molecule has 3 nitrogen and oxygen atoms in total. The van der Waals surface area contributed by atoms with E-state index in [1.165, 1.54) is 11.1 Å². The number of nitrogens with zero attached hydrogens (tertiary/aromatic N) is 1. The van der Waals surface area contributed by atoms with Crippen LogP contribution in [-0.2, 0) is 10.5 Å². The SMILES string of the molecule is Cc1ccsc1/C=N\NC(=O)CSCc1cccc(Br)c1. The van der Waals surface area contributed by atoms with Crippen LogP contribution in [0.3, 0.4) is 0 Å². The first-order valence-corrected chi connectivity index (χ1v) is 9.16. The zero-order chi connectivity index (χ0) is 15.1. The number of hydrazone groups is 1. The average molecular weight is 383 g/mol. The van der Waals surface area contributed by atoms with Crippen LogP contribution in [0, 0.1) is 6.92 Å². The van der Waals surface area contributed by atoms with Crippen LogP contribution in [0.15, 0.2) is 45.3 Å². The number of benzene rings is 1. The Bertz CT molecular complexity index is 640. The molecule has 0 aliphatic carbocycles. The van der Waals surface area contributed by atoms with Gasteiger partial charge in [0.15, 0.2) is 0 Å². The molecule has 1 amide bonds. The van der Waals surface area contributed by atoms with E-state index in [9.17, 15) is 4.79 Å². The molecule has 0 fully saturated rings. The Labute approximate surface area is 141 Å². The fourth-order valence-corrected chi connectivity index (χ4v) is 3.60. The van der Waals surface area contributed by atoms with Crippen molar-refractivity contribution in [3.8, 4) is 0 Å². The van der Waals surface area contributed by atoms with Crippen LogP contribution in [-0.4, -0.2) is 17.9 Å². The smallest absolute Gasteiger partial charge is 0.250 e. The molecule has 110 valence electrons. The molecule has 0 atom stereocenters. The zero-order valence-electron chi connectivity index (χ0n) is 11.5. The van der Waals surface area contributed by atoms with E-state index in [1.54, 1.807) is 29.3 Å². The molecule has 0 saturated heterocycles. The van der Waals surface area contributed by atoms with Gasteiger partial charge in [-0.05, 0) is 41.6 Å². The lowest BCUT2D eigenvalue weighted by atomic mass is 10.2. The Morgan fingerprint density at radius 3 is 3.05 bits per heavy atom. The summed E-state index contributed by atoms with van der Waals surface area (Å²) in [6, 6.07) is 10.1. The van der Waals surface area contributed by atoms with Gasteiger partial charge in [-0.3, -0.25) is 4.79 Å². The minimum atomic E-state index is -0.0829. The Balaban J connectivity index is 1.70. The lowest BCUT2D eigenvalue weighted by Gasteiger charge is -2.02. The predicted octanol–water partition coefficient (Wildman–Crippen LogP) is 4.20. The summed E-state index contributed by atoms with van der Waals surface area (Å²) in [6.07, 6.45) is 1.69. The van der Waals surface area contributed by atoms with E-state index >= 15 is 0 Å². The summed E-state index contributed by atoms with van der Waals surface area (Å²) >= 11 is 6.61. The lowest BCUT2D eigenvalue weighted by Crippen LogP contribution is -2.19. The van der Waals surface area contributed by atoms with E-state index in [1.807, 2.05) is 36.6 Å². The largest absolute Gasteiger partial charge is 0.272 e. The Hall–Kier alpha value is -1.11. The second-order valence-electron chi connectivity index (χ2n) is 4.38. The van der Waals surface area contributed by atoms with Crippen molar-refractivity contribution in [1.29, 1.82) is 0 Å². The van der Waals surface area contributed by atoms with Gasteiger partial charge >= 0.3 is 0 Å². The normalized spacial score (nSPS) is 11.0. The topological polar surface area (TPSA) is 41.5 Å². The molecule has 1 heterocycles. The monoisotopic (exact) mass is 382 g/mol. The molecule has 0 radical (unpaired) electrons. The Morgan fingerprint density at radius 1 is 1.48 bits per heavy atom. The first-order valence-electron chi connectivity index (χ1n) is 6.33. The summed E-state index contributed by atoms with van der Waals surface area (Å²) in [5.74, 6) is 1.12. The number of hydrogen-bond acceptors (Lipinski definition) is 4. The summed E-state index contributed by atoms with van der Waals surface area (Å²) in [6.45, 7) is 2.02. The van der Waals surface area contributed by atoms with E-state index < -0.39 is 0 Å². The molecule has 1 N–H and O–H groups in total. The Kier molecular flexibility index (Phi) is 6.48. The second-order valence-corrected chi connectivity index (χ2v) is 7.23. The fourth-order valence-electron chi connectivity index (χ4n) is 1.60. The van der Waals surface area contributed by atoms with Gasteiger partial charge in [0.25, 0.3) is 0 Å². The van der Waals surface area contributed by atoms with E-state index in [-0.39, 0.29) is 5.91 Å². The number of nitrogens with one attached hydrogen (secondary N) is 1. The molecule has 0 bridgehead atoms. The minimum absolute atomic E-state index is 0.0829. The summed E-state index contributed by atoms with van der Waals surface area (Å²) < 4.78 is 1.06. The molecule has 0 aliphatic rings. The second kappa shape index (κ2) is 8.36. The summed E-state index contributed by atoms with van der Waals surface area (Å²) in [5, 5.41) is 5.99. The van der Waals surface area contributed by atoms with E-state index in [4.69, 9.17) is 0 Å². The number of amides is 1. The van der Waals surface area contributed by atoms with Crippen molar-refractivity contribution in [2.75, 3.05) is 5.75 Å². The third-order valence-corrected chi connectivity index (χ3v) is 5.11. The zero-order valence-corrected chi connectivity index (χ0v) is 14.7. The molecule has 21 heavy (non-hydrogen) atoms. The number of thioether (sulfide) groups is 1. The minimum Gasteiger partial charge on any atom is -0.272 e. The molecule has 0 aliphatic heterocycles. The number of halogens is 1. The van der Waals surface area contributed by atoms with Gasteiger partial charge in [-0.15, -0.1) is 23.1 Å². The maximum absolute atomic E-state index is 11.7. The molecule has 2 aromatic rings. The van der Waals surface area contributed by atoms with Crippen LogP contribution in [0.2, 0.25) is 0 Å². The number of thiophene rings is 1. The number of carbonyl (C=O) groups is 1. The summed E-state index contributed by atoms with van der Waals surface area (Å²) in [7, 11) is 0. The fraction of sp³-hybridized carbons (Fsp3) is 0.200. The third kappa shape index (κ3) is 5.65. The molecule has 2 rings (SSSR count). The van der Waals surface area contributed by atoms with Gasteiger partial charge in [0.2, 0.25) is 5.91 Å². The first kappa shape index (κ1) is 16.3. The predicted molar refractivity (Wildman–Crippen MR) is 95.1 cm³/mol. The van der Waals surface area contributed by atoms with Crippen molar-refractivity contribution in [2.24, 2.45) is 5.10 Å². The maximum atomic E-state index is 11.7. The Morgan fingerprint density at radius 2 is 2.33 bits per heavy atom. The van der Waals surface area contributed by atoms with Crippen LogP contribution in [0.1, 0.15) is 16.0 Å². The molecule has 0 unspecified atom stereocenters. The molecule has 1 aromatic heterocycles. The molecule has 1 aromatic carbocycles. The highest BCUT2D eigenvalue weighted by Gasteiger charge is 2.01. The first-order chi connectivity index (χ1) is 10.1. The highest BCUT2D eigenvalue weighted by molar-refractivity contribution is 9.10. The van der Waals surface area contributed by atoms with E-state index in [0.717, 1.165) is 15.1 Å². The van der Waals surface area contributed by atoms with Gasteiger partial charge in [0.1, 0.15) is 0 Å². The van der Waals surface area contributed by atoms with Gasteiger partial charge in [-0.25, -0.2) is 5.43 Å². The van der Waals surface area contributed by atoms with Crippen molar-refractivity contribution < 1.29 is 4.79 Å². The van der Waals surface area contributed by atoms with Crippen molar-refractivity contribution in [1.82, 2.24) is 5.43 Å². The highest BCUT2D eigenvalue weighted by atomic mass is 79.9. The average Bonchev–Trinajstić information content (AvgIpc) is 2.85. The van der Waals surface area contributed by atoms with Gasteiger partial charge in [-0.1, -0.05) is 28.1 Å². The number of aryl methyl sites for hydroxylation is 1. The van der Waals surface area contributed by atoms with Gasteiger partial charge < -0.3 is 0 Å². The quantitative estimate of drug-likeness (QED) is 0.600. The van der Waals surface area contributed by atoms with Crippen LogP contribution < -0.4 is 5.43 Å². The van der Waals surface area contributed by atoms with Crippen LogP contribution in [0.25, 0.3) is 0 Å². The van der Waals surface area contributed by atoms with Crippen molar-refractivity contribution in [3.63, 3.8) is 0 Å². The summed E-state index contributed by atoms with van der Waals surface area (Å²) in [5.41, 5.74) is 4.92. The lowest BCUT2D eigenvalue weighted by molar-refractivity contribution is -0.118. The molecule has 6 heteroatoms. The molecular weight excluding hydrogens is 368 g/mol. The van der Waals surface area contributed by atoms with Crippen LogP contribution in [0.4, 0.5) is 0 Å². The number of hydrogen-bond donors (Lipinski definition) is 1. The third-order valence-electron chi connectivity index (χ3n) is 2.66. The van der Waals surface area contributed by atoms with Gasteiger partial charge in [0, 0.05) is 15.1 Å². The van der Waals surface area contributed by atoms with Gasteiger partial charge in [0.05, 0.1) is 12.0 Å². The number of rotatable bonds is 6. The molecule has 0 saturated carbocycles. The van der Waals surface area contributed by atoms with Crippen molar-refractivity contribution >= 4 is 51.2 Å². The van der Waals surface area contributed by atoms with Crippen molar-refractivity contribution in [3.05, 3.63) is 56.2 Å². The van der Waals surface area contributed by atoms with Crippen molar-refractivity contribution in [2.45, 2.75) is 12.7 Å². The van der Waals surface area contributed by atoms with Gasteiger partial charge in [-0.2, -0.15) is 5.10 Å². The summed E-state index contributed by atoms with van der Waals surface area (Å²) in [4.78, 5) is 12.7. The van der Waals surface area contributed by atoms with Crippen LogP contribution >= 0.6 is 39.0 Å². The van der Waals surface area contributed by atoms with E-state index in [2.05, 4.69) is 32.5 Å². The standard InChI is InChI=1S/C15H15BrN2OS2/c1-11-5-6-21-14(11)8-17-18-15(19)10-20-9-12-3-2-4-13(16)7-12/h2-8H,9-10H2,1H3,(H,18,19)/b17-8-. The van der Waals surface area contributed by atoms with E-state index in [0.29, 0.717) is 5.75 Å². The number of carbonyl (C=O) groups excluding carboxylic acids is 1. The molecule has 0 spiro atoms. The molecular formula is C15H15BrN2OS2. The maximum Gasteiger partial charge on any atom is 0.250 e.